The average molecular weight is 481 g/mol. The molecule has 0 saturated carbocycles. The summed E-state index contributed by atoms with van der Waals surface area (Å²) in [5.74, 6) is 0.660. The van der Waals surface area contributed by atoms with Gasteiger partial charge in [0.1, 0.15) is 11.5 Å². The minimum Gasteiger partial charge on any atom is -0.508 e. The van der Waals surface area contributed by atoms with E-state index in [1.165, 1.54) is 0 Å². The van der Waals surface area contributed by atoms with Crippen molar-refractivity contribution >= 4 is 17.0 Å². The first-order valence-corrected chi connectivity index (χ1v) is 14.1. The maximum Gasteiger partial charge on any atom is 0.185 e. The Hall–Kier alpha value is -1.26. The topological polar surface area (TPSA) is 65.4 Å². The first-order chi connectivity index (χ1) is 15.6. The Kier molecular flexibility index (Phi) is 13.1. The number of hydrogen-bond acceptors (Lipinski definition) is 6. The highest BCUT2D eigenvalue weighted by Gasteiger charge is 2.19. The first-order valence-electron chi connectivity index (χ1n) is 11.3. The van der Waals surface area contributed by atoms with E-state index < -0.39 is 8.38 Å². The molecule has 2 N–H and O–H groups in total. The summed E-state index contributed by atoms with van der Waals surface area (Å²) >= 11 is 0. The van der Waals surface area contributed by atoms with Gasteiger partial charge in [-0.15, -0.1) is 8.58 Å². The fourth-order valence-electron chi connectivity index (χ4n) is 3.31. The Balaban J connectivity index is 2.11. The summed E-state index contributed by atoms with van der Waals surface area (Å²) in [6.07, 6.45) is 2.84. The zero-order valence-electron chi connectivity index (χ0n) is 19.5. The minimum atomic E-state index is -1.01. The van der Waals surface area contributed by atoms with Crippen LogP contribution in [0.25, 0.3) is 0 Å². The van der Waals surface area contributed by atoms with Crippen LogP contribution in [0.4, 0.5) is 0 Å². The SMILES string of the molecule is CCOP(CN(CCN(CPCC)Cc1ccccc1O)Cc1ccccc1O)OCC. The highest BCUT2D eigenvalue weighted by molar-refractivity contribution is 7.47. The van der Waals surface area contributed by atoms with Gasteiger partial charge in [0, 0.05) is 43.6 Å². The lowest BCUT2D eigenvalue weighted by atomic mass is 10.2. The smallest absolute Gasteiger partial charge is 0.185 e. The normalized spacial score (nSPS) is 12.1. The van der Waals surface area contributed by atoms with Gasteiger partial charge >= 0.3 is 0 Å². The molecule has 0 bridgehead atoms. The molecule has 1 atom stereocenters. The second kappa shape index (κ2) is 15.6. The molecule has 178 valence electrons. The van der Waals surface area contributed by atoms with Crippen molar-refractivity contribution in [3.8, 4) is 11.5 Å². The number of para-hydroxylation sites is 2. The van der Waals surface area contributed by atoms with Gasteiger partial charge in [0.2, 0.25) is 0 Å². The summed E-state index contributed by atoms with van der Waals surface area (Å²) in [5, 5.41) is 20.5. The molecule has 8 heteroatoms. The van der Waals surface area contributed by atoms with E-state index in [1.54, 1.807) is 12.1 Å². The van der Waals surface area contributed by atoms with Gasteiger partial charge in [-0.25, -0.2) is 0 Å². The molecule has 0 aliphatic rings. The van der Waals surface area contributed by atoms with Gasteiger partial charge in [0.15, 0.2) is 8.38 Å². The van der Waals surface area contributed by atoms with E-state index in [9.17, 15) is 10.2 Å². The molecule has 6 nitrogen and oxygen atoms in total. The summed E-state index contributed by atoms with van der Waals surface area (Å²) in [6.45, 7) is 10.4. The number of phenolic OH excluding ortho intramolecular Hbond substituents is 2. The van der Waals surface area contributed by atoms with Crippen LogP contribution in [-0.2, 0) is 22.1 Å². The van der Waals surface area contributed by atoms with E-state index >= 15 is 0 Å². The maximum absolute atomic E-state index is 10.3. The van der Waals surface area contributed by atoms with Crippen LogP contribution in [0.15, 0.2) is 48.5 Å². The number of nitrogens with zero attached hydrogens (tertiary/aromatic N) is 2. The first kappa shape index (κ1) is 27.0. The van der Waals surface area contributed by atoms with Crippen LogP contribution >= 0.6 is 17.0 Å². The minimum absolute atomic E-state index is 0.313. The predicted molar refractivity (Wildman–Crippen MR) is 136 cm³/mol. The van der Waals surface area contributed by atoms with E-state index in [1.807, 2.05) is 50.2 Å². The Morgan fingerprint density at radius 2 is 1.28 bits per heavy atom. The summed E-state index contributed by atoms with van der Waals surface area (Å²) in [6, 6.07) is 15.0. The van der Waals surface area contributed by atoms with Crippen molar-refractivity contribution < 1.29 is 19.3 Å². The third-order valence-corrected chi connectivity index (χ3v) is 7.84. The Labute approximate surface area is 196 Å². The van der Waals surface area contributed by atoms with Crippen LogP contribution in [0, 0.1) is 0 Å². The van der Waals surface area contributed by atoms with Gasteiger partial charge in [-0.3, -0.25) is 9.80 Å². The van der Waals surface area contributed by atoms with Crippen molar-refractivity contribution in [1.82, 2.24) is 9.80 Å². The highest BCUT2D eigenvalue weighted by atomic mass is 31.2. The molecule has 2 aromatic rings. The maximum atomic E-state index is 10.3. The molecule has 2 rings (SSSR count). The van der Waals surface area contributed by atoms with E-state index in [4.69, 9.17) is 9.05 Å². The van der Waals surface area contributed by atoms with Crippen LogP contribution in [-0.4, -0.2) is 65.0 Å². The average Bonchev–Trinajstić information content (AvgIpc) is 2.78. The molecule has 32 heavy (non-hydrogen) atoms. The molecule has 0 aliphatic carbocycles. The standard InChI is InChI=1S/C24H38N2O4P2/c1-4-29-32(30-5-2)20-26(18-22-12-8-10-14-24(22)28)16-15-25(19-31-6-3)17-21-11-7-9-13-23(21)27/h7-14,27-28,31H,4-6,15-20H2,1-3H3. The highest BCUT2D eigenvalue weighted by Crippen LogP contribution is 2.39. The van der Waals surface area contributed by atoms with Gasteiger partial charge in [-0.1, -0.05) is 43.3 Å². The second-order valence-corrected chi connectivity index (χ2v) is 10.4. The zero-order chi connectivity index (χ0) is 23.2. The fraction of sp³-hybridized carbons (Fsp3) is 0.500. The van der Waals surface area contributed by atoms with Gasteiger partial charge in [0.25, 0.3) is 0 Å². The van der Waals surface area contributed by atoms with Crippen LogP contribution in [0.1, 0.15) is 31.9 Å². The second-order valence-electron chi connectivity index (χ2n) is 7.43. The van der Waals surface area contributed by atoms with Crippen LogP contribution in [0.5, 0.6) is 11.5 Å². The van der Waals surface area contributed by atoms with Gasteiger partial charge in [-0.2, -0.15) is 0 Å². The zero-order valence-corrected chi connectivity index (χ0v) is 21.4. The Bertz CT molecular complexity index is 775. The van der Waals surface area contributed by atoms with Crippen molar-refractivity contribution in [3.05, 3.63) is 59.7 Å². The molecule has 0 amide bonds. The van der Waals surface area contributed by atoms with E-state index in [0.717, 1.165) is 51.8 Å². The summed E-state index contributed by atoms with van der Waals surface area (Å²) in [4.78, 5) is 4.71. The summed E-state index contributed by atoms with van der Waals surface area (Å²) in [7, 11) is -0.159. The number of aromatic hydroxyl groups is 2. The van der Waals surface area contributed by atoms with Crippen LogP contribution in [0.2, 0.25) is 0 Å². The largest absolute Gasteiger partial charge is 0.508 e. The van der Waals surface area contributed by atoms with Gasteiger partial charge in [-0.05, 0) is 32.1 Å². The number of rotatable bonds is 16. The van der Waals surface area contributed by atoms with E-state index in [0.29, 0.717) is 37.5 Å². The van der Waals surface area contributed by atoms with Crippen molar-refractivity contribution in [2.24, 2.45) is 0 Å². The Morgan fingerprint density at radius 3 is 1.78 bits per heavy atom. The lowest BCUT2D eigenvalue weighted by Crippen LogP contribution is -2.35. The Morgan fingerprint density at radius 1 is 0.781 bits per heavy atom. The van der Waals surface area contributed by atoms with Gasteiger partial charge in [0.05, 0.1) is 19.5 Å². The number of hydrogen-bond donors (Lipinski definition) is 2. The monoisotopic (exact) mass is 480 g/mol. The number of benzene rings is 2. The molecule has 0 aliphatic heterocycles. The number of phenols is 2. The third-order valence-electron chi connectivity index (χ3n) is 4.95. The molecular formula is C24H38N2O4P2. The van der Waals surface area contributed by atoms with Crippen molar-refractivity contribution in [1.29, 1.82) is 0 Å². The molecule has 2 aromatic carbocycles. The van der Waals surface area contributed by atoms with E-state index in [2.05, 4.69) is 16.7 Å². The molecular weight excluding hydrogens is 442 g/mol. The molecule has 0 radical (unpaired) electrons. The molecule has 1 unspecified atom stereocenters. The van der Waals surface area contributed by atoms with Crippen LogP contribution in [0.3, 0.4) is 0 Å². The lowest BCUT2D eigenvalue weighted by Gasteiger charge is -2.30. The molecule has 0 fully saturated rings. The molecule has 0 heterocycles. The van der Waals surface area contributed by atoms with Gasteiger partial charge < -0.3 is 19.3 Å². The predicted octanol–water partition coefficient (Wildman–Crippen LogP) is 5.40. The fourth-order valence-corrected chi connectivity index (χ4v) is 5.50. The van der Waals surface area contributed by atoms with Crippen molar-refractivity contribution in [3.63, 3.8) is 0 Å². The molecule has 0 aromatic heterocycles. The lowest BCUT2D eigenvalue weighted by molar-refractivity contribution is 0.206. The van der Waals surface area contributed by atoms with Crippen LogP contribution < -0.4 is 0 Å². The quantitative estimate of drug-likeness (QED) is 0.314. The van der Waals surface area contributed by atoms with Crippen molar-refractivity contribution in [2.75, 3.05) is 45.0 Å². The van der Waals surface area contributed by atoms with Crippen molar-refractivity contribution in [2.45, 2.75) is 33.9 Å². The molecule has 0 saturated heterocycles. The molecule has 0 spiro atoms. The summed E-state index contributed by atoms with van der Waals surface area (Å²) in [5.41, 5.74) is 1.85. The summed E-state index contributed by atoms with van der Waals surface area (Å²) < 4.78 is 11.7. The third kappa shape index (κ3) is 9.70. The van der Waals surface area contributed by atoms with E-state index in [-0.39, 0.29) is 0 Å².